The topological polar surface area (TPSA) is 74.3 Å². The minimum absolute atomic E-state index is 0.199. The molecular weight excluding hydrogens is 389 g/mol. The standard InChI is InChI=1S/C19H20FNO6S/c1-14-2-8-17(9-3-14)28(22,23)21-12-10-19(11-13-21)26-24-18(25-27-19)15-4-6-16(20)7-5-15/h2-9,18H,10-13H2,1H3. The maximum atomic E-state index is 13.0. The van der Waals surface area contributed by atoms with E-state index in [-0.39, 0.29) is 36.6 Å². The predicted molar refractivity (Wildman–Crippen MR) is 95.4 cm³/mol. The van der Waals surface area contributed by atoms with Crippen LogP contribution in [-0.4, -0.2) is 31.6 Å². The van der Waals surface area contributed by atoms with Gasteiger partial charge >= 0.3 is 0 Å². The van der Waals surface area contributed by atoms with Crippen molar-refractivity contribution in [1.82, 2.24) is 4.31 Å². The minimum atomic E-state index is -3.59. The fourth-order valence-corrected chi connectivity index (χ4v) is 4.56. The summed E-state index contributed by atoms with van der Waals surface area (Å²) in [5, 5.41) is 0. The average Bonchev–Trinajstić information content (AvgIpc) is 2.70. The van der Waals surface area contributed by atoms with Crippen molar-refractivity contribution in [2.75, 3.05) is 13.1 Å². The van der Waals surface area contributed by atoms with Gasteiger partial charge in [-0.1, -0.05) is 29.8 Å². The molecule has 0 bridgehead atoms. The molecule has 0 amide bonds. The van der Waals surface area contributed by atoms with E-state index in [0.717, 1.165) is 5.56 Å². The molecule has 2 aliphatic rings. The fraction of sp³-hybridized carbons (Fsp3) is 0.368. The third kappa shape index (κ3) is 3.82. The van der Waals surface area contributed by atoms with Crippen molar-refractivity contribution in [1.29, 1.82) is 0 Å². The minimum Gasteiger partial charge on any atom is -0.207 e. The van der Waals surface area contributed by atoms with Gasteiger partial charge in [0, 0.05) is 31.5 Å². The molecule has 0 N–H and O–H groups in total. The molecule has 0 radical (unpaired) electrons. The van der Waals surface area contributed by atoms with Crippen LogP contribution in [0.1, 0.15) is 30.3 Å². The van der Waals surface area contributed by atoms with E-state index in [2.05, 4.69) is 0 Å². The molecule has 150 valence electrons. The van der Waals surface area contributed by atoms with Gasteiger partial charge in [-0.3, -0.25) is 0 Å². The smallest absolute Gasteiger partial charge is 0.207 e. The van der Waals surface area contributed by atoms with Gasteiger partial charge in [0.2, 0.25) is 22.1 Å². The Kier molecular flexibility index (Phi) is 5.21. The molecule has 9 heteroatoms. The van der Waals surface area contributed by atoms with Crippen molar-refractivity contribution in [3.63, 3.8) is 0 Å². The van der Waals surface area contributed by atoms with Gasteiger partial charge in [0.25, 0.3) is 0 Å². The first-order valence-electron chi connectivity index (χ1n) is 8.89. The quantitative estimate of drug-likeness (QED) is 0.725. The van der Waals surface area contributed by atoms with Crippen LogP contribution in [0.4, 0.5) is 4.39 Å². The number of sulfonamides is 1. The summed E-state index contributed by atoms with van der Waals surface area (Å²) in [7, 11) is -3.59. The summed E-state index contributed by atoms with van der Waals surface area (Å²) in [4.78, 5) is 21.7. The van der Waals surface area contributed by atoms with E-state index in [1.807, 2.05) is 6.92 Å². The van der Waals surface area contributed by atoms with Gasteiger partial charge in [0.05, 0.1) is 4.90 Å². The highest BCUT2D eigenvalue weighted by atomic mass is 32.2. The predicted octanol–water partition coefficient (Wildman–Crippen LogP) is 3.22. The van der Waals surface area contributed by atoms with Gasteiger partial charge < -0.3 is 0 Å². The summed E-state index contributed by atoms with van der Waals surface area (Å²) in [6.07, 6.45) is -0.455. The van der Waals surface area contributed by atoms with Crippen molar-refractivity contribution in [2.24, 2.45) is 0 Å². The van der Waals surface area contributed by atoms with Crippen LogP contribution in [0.25, 0.3) is 0 Å². The highest BCUT2D eigenvalue weighted by Gasteiger charge is 2.46. The number of rotatable bonds is 3. The van der Waals surface area contributed by atoms with Gasteiger partial charge in [0.15, 0.2) is 0 Å². The largest absolute Gasteiger partial charge is 0.249 e. The Labute approximate surface area is 162 Å². The number of benzene rings is 2. The number of halogens is 1. The van der Waals surface area contributed by atoms with Crippen LogP contribution in [0.15, 0.2) is 53.4 Å². The third-order valence-electron chi connectivity index (χ3n) is 4.86. The van der Waals surface area contributed by atoms with E-state index in [9.17, 15) is 12.8 Å². The molecule has 1 spiro atoms. The van der Waals surface area contributed by atoms with Gasteiger partial charge in [-0.15, -0.1) is 0 Å². The normalized spacial score (nSPS) is 21.1. The first-order valence-corrected chi connectivity index (χ1v) is 10.3. The summed E-state index contributed by atoms with van der Waals surface area (Å²) in [5.41, 5.74) is 1.53. The number of nitrogens with zero attached hydrogens (tertiary/aromatic N) is 1. The van der Waals surface area contributed by atoms with Crippen molar-refractivity contribution in [3.8, 4) is 0 Å². The number of piperidine rings is 1. The van der Waals surface area contributed by atoms with E-state index >= 15 is 0 Å². The number of hydrogen-bond acceptors (Lipinski definition) is 6. The molecule has 0 unspecified atom stereocenters. The number of aryl methyl sites for hydroxylation is 1. The van der Waals surface area contributed by atoms with Crippen LogP contribution in [0, 0.1) is 12.7 Å². The van der Waals surface area contributed by atoms with E-state index in [1.165, 1.54) is 28.6 Å². The summed E-state index contributed by atoms with van der Waals surface area (Å²) in [6.45, 7) is 2.30. The third-order valence-corrected chi connectivity index (χ3v) is 6.77. The summed E-state index contributed by atoms with van der Waals surface area (Å²) < 4.78 is 40.0. The fourth-order valence-electron chi connectivity index (χ4n) is 3.12. The molecule has 2 aromatic carbocycles. The maximum absolute atomic E-state index is 13.0. The molecule has 4 rings (SSSR count). The monoisotopic (exact) mass is 409 g/mol. The van der Waals surface area contributed by atoms with E-state index in [0.29, 0.717) is 5.56 Å². The molecule has 7 nitrogen and oxygen atoms in total. The highest BCUT2D eigenvalue weighted by molar-refractivity contribution is 7.89. The molecule has 2 heterocycles. The Morgan fingerprint density at radius 3 is 2.11 bits per heavy atom. The Bertz CT molecular complexity index is 914. The Morgan fingerprint density at radius 1 is 0.964 bits per heavy atom. The highest BCUT2D eigenvalue weighted by Crippen LogP contribution is 2.38. The van der Waals surface area contributed by atoms with Crippen molar-refractivity contribution >= 4 is 10.0 Å². The van der Waals surface area contributed by atoms with E-state index < -0.39 is 22.1 Å². The second-order valence-electron chi connectivity index (χ2n) is 6.87. The average molecular weight is 409 g/mol. The first kappa shape index (κ1) is 19.4. The zero-order valence-corrected chi connectivity index (χ0v) is 16.0. The lowest BCUT2D eigenvalue weighted by molar-refractivity contribution is -0.633. The molecule has 2 saturated heterocycles. The van der Waals surface area contributed by atoms with Gasteiger partial charge in [-0.25, -0.2) is 12.8 Å². The Balaban J connectivity index is 1.38. The summed E-state index contributed by atoms with van der Waals surface area (Å²) >= 11 is 0. The van der Waals surface area contributed by atoms with Crippen LogP contribution >= 0.6 is 0 Å². The van der Waals surface area contributed by atoms with Gasteiger partial charge in [-0.2, -0.15) is 23.9 Å². The molecule has 0 saturated carbocycles. The van der Waals surface area contributed by atoms with Gasteiger partial charge in [0.1, 0.15) is 5.82 Å². The summed E-state index contributed by atoms with van der Waals surface area (Å²) in [6, 6.07) is 12.3. The molecule has 2 aliphatic heterocycles. The number of hydrogen-bond donors (Lipinski definition) is 0. The van der Waals surface area contributed by atoms with Crippen molar-refractivity contribution in [3.05, 3.63) is 65.5 Å². The lowest BCUT2D eigenvalue weighted by Crippen LogP contribution is -2.51. The zero-order chi connectivity index (χ0) is 19.8. The lowest BCUT2D eigenvalue weighted by Gasteiger charge is -2.41. The lowest BCUT2D eigenvalue weighted by atomic mass is 10.1. The second-order valence-corrected chi connectivity index (χ2v) is 8.81. The van der Waals surface area contributed by atoms with Crippen LogP contribution in [0.5, 0.6) is 0 Å². The molecule has 0 aromatic heterocycles. The molecule has 28 heavy (non-hydrogen) atoms. The molecule has 2 aromatic rings. The van der Waals surface area contributed by atoms with E-state index in [4.69, 9.17) is 19.6 Å². The molecule has 2 fully saturated rings. The molecular formula is C19H20FNO6S. The second kappa shape index (κ2) is 7.51. The zero-order valence-electron chi connectivity index (χ0n) is 15.2. The van der Waals surface area contributed by atoms with Crippen LogP contribution < -0.4 is 0 Å². The van der Waals surface area contributed by atoms with Gasteiger partial charge in [-0.05, 0) is 31.2 Å². The van der Waals surface area contributed by atoms with Crippen LogP contribution in [0.3, 0.4) is 0 Å². The first-order chi connectivity index (χ1) is 13.4. The Hall–Kier alpha value is -1.88. The SMILES string of the molecule is Cc1ccc(S(=O)(=O)N2CCC3(CC2)OOC(c2ccc(F)cc2)OO3)cc1. The van der Waals surface area contributed by atoms with Crippen LogP contribution in [-0.2, 0) is 29.6 Å². The molecule has 0 aliphatic carbocycles. The van der Waals surface area contributed by atoms with E-state index in [1.54, 1.807) is 24.3 Å². The van der Waals surface area contributed by atoms with Crippen molar-refractivity contribution in [2.45, 2.75) is 36.7 Å². The maximum Gasteiger partial charge on any atom is 0.249 e. The molecule has 0 atom stereocenters. The van der Waals surface area contributed by atoms with Crippen LogP contribution in [0.2, 0.25) is 0 Å². The Morgan fingerprint density at radius 2 is 1.54 bits per heavy atom. The van der Waals surface area contributed by atoms with Crippen molar-refractivity contribution < 1.29 is 32.4 Å². The summed E-state index contributed by atoms with van der Waals surface area (Å²) in [5.74, 6) is -1.55.